The van der Waals surface area contributed by atoms with Gasteiger partial charge in [0.1, 0.15) is 12.3 Å². The van der Waals surface area contributed by atoms with E-state index in [1.807, 2.05) is 42.5 Å². The molecule has 3 heterocycles. The Balaban J connectivity index is 1.37. The van der Waals surface area contributed by atoms with Crippen LogP contribution in [0.4, 0.5) is 0 Å². The van der Waals surface area contributed by atoms with Crippen LogP contribution in [0.3, 0.4) is 0 Å². The predicted octanol–water partition coefficient (Wildman–Crippen LogP) is 2.63. The zero-order valence-corrected chi connectivity index (χ0v) is 14.4. The molecule has 0 unspecified atom stereocenters. The molecule has 4 aromatic rings. The summed E-state index contributed by atoms with van der Waals surface area (Å²) in [5.74, 6) is 0.745. The van der Waals surface area contributed by atoms with Crippen LogP contribution in [0.25, 0.3) is 5.78 Å². The fourth-order valence-corrected chi connectivity index (χ4v) is 2.58. The summed E-state index contributed by atoms with van der Waals surface area (Å²) in [7, 11) is 0. The second-order valence-corrected chi connectivity index (χ2v) is 5.91. The molecule has 0 saturated carbocycles. The molecule has 0 aliphatic heterocycles. The number of imidazole rings is 1. The molecule has 7 nitrogen and oxygen atoms in total. The van der Waals surface area contributed by atoms with Gasteiger partial charge in [-0.3, -0.25) is 9.20 Å². The molecule has 0 fully saturated rings. The first kappa shape index (κ1) is 16.7. The zero-order valence-electron chi connectivity index (χ0n) is 14.4. The van der Waals surface area contributed by atoms with Crippen molar-refractivity contribution in [3.05, 3.63) is 90.1 Å². The molecular weight excluding hydrogens is 342 g/mol. The van der Waals surface area contributed by atoms with E-state index in [1.54, 1.807) is 35.3 Å². The summed E-state index contributed by atoms with van der Waals surface area (Å²) >= 11 is 0. The van der Waals surface area contributed by atoms with Gasteiger partial charge in [-0.05, 0) is 23.3 Å². The lowest BCUT2D eigenvalue weighted by atomic mass is 10.2. The average Bonchev–Trinajstić information content (AvgIpc) is 3.16. The Kier molecular flexibility index (Phi) is 4.74. The van der Waals surface area contributed by atoms with Crippen LogP contribution in [0.2, 0.25) is 0 Å². The number of amides is 1. The summed E-state index contributed by atoms with van der Waals surface area (Å²) < 4.78 is 7.42. The molecule has 1 N–H and O–H groups in total. The Hall–Kier alpha value is -3.74. The molecule has 0 atom stereocenters. The molecular formula is C20H17N5O2. The van der Waals surface area contributed by atoms with Gasteiger partial charge in [0, 0.05) is 37.4 Å². The average molecular weight is 359 g/mol. The number of pyridine rings is 1. The molecule has 0 bridgehead atoms. The summed E-state index contributed by atoms with van der Waals surface area (Å²) in [6, 6.07) is 15.3. The first-order chi connectivity index (χ1) is 13.3. The Morgan fingerprint density at radius 1 is 1.04 bits per heavy atom. The third-order valence-corrected chi connectivity index (χ3v) is 3.95. The fourth-order valence-electron chi connectivity index (χ4n) is 2.58. The minimum absolute atomic E-state index is 0.260. The maximum atomic E-state index is 12.3. The van der Waals surface area contributed by atoms with Crippen LogP contribution in [0.5, 0.6) is 5.88 Å². The Bertz CT molecular complexity index is 1030. The lowest BCUT2D eigenvalue weighted by Gasteiger charge is -2.08. The number of nitrogens with zero attached hydrogens (tertiary/aromatic N) is 4. The fraction of sp³-hybridized carbons (Fsp3) is 0.100. The van der Waals surface area contributed by atoms with Gasteiger partial charge in [-0.15, -0.1) is 0 Å². The second kappa shape index (κ2) is 7.65. The van der Waals surface area contributed by atoms with E-state index in [4.69, 9.17) is 4.74 Å². The van der Waals surface area contributed by atoms with Crippen molar-refractivity contribution in [3.8, 4) is 5.88 Å². The third-order valence-electron chi connectivity index (χ3n) is 3.95. The van der Waals surface area contributed by atoms with Gasteiger partial charge in [0.05, 0.1) is 0 Å². The molecule has 7 heteroatoms. The molecule has 0 aliphatic rings. The number of hydrogen-bond acceptors (Lipinski definition) is 5. The summed E-state index contributed by atoms with van der Waals surface area (Å²) in [6.07, 6.45) is 6.75. The van der Waals surface area contributed by atoms with Gasteiger partial charge in [-0.2, -0.15) is 0 Å². The number of hydrogen-bond donors (Lipinski definition) is 1. The van der Waals surface area contributed by atoms with Crippen molar-refractivity contribution in [1.29, 1.82) is 0 Å². The van der Waals surface area contributed by atoms with E-state index in [0.29, 0.717) is 30.5 Å². The number of ether oxygens (including phenoxy) is 1. The van der Waals surface area contributed by atoms with Gasteiger partial charge in [0.15, 0.2) is 0 Å². The van der Waals surface area contributed by atoms with Crippen molar-refractivity contribution in [2.45, 2.75) is 13.2 Å². The molecule has 4 rings (SSSR count). The maximum Gasteiger partial charge on any atom is 0.271 e. The number of carbonyl (C=O) groups excluding carboxylic acids is 1. The van der Waals surface area contributed by atoms with Crippen LogP contribution >= 0.6 is 0 Å². The standard InChI is InChI=1S/C20H17N5O2/c26-19(17-13-25-10-4-8-22-20(25)24-17)23-12-16-7-9-21-18(11-16)27-14-15-5-2-1-3-6-15/h1-11,13H,12,14H2,(H,23,26). The lowest BCUT2D eigenvalue weighted by Crippen LogP contribution is -2.23. The number of benzene rings is 1. The van der Waals surface area contributed by atoms with Crippen LogP contribution < -0.4 is 10.1 Å². The van der Waals surface area contributed by atoms with Crippen molar-refractivity contribution in [2.24, 2.45) is 0 Å². The smallest absolute Gasteiger partial charge is 0.271 e. The molecule has 0 radical (unpaired) electrons. The Morgan fingerprint density at radius 3 is 2.78 bits per heavy atom. The van der Waals surface area contributed by atoms with E-state index in [2.05, 4.69) is 20.3 Å². The van der Waals surface area contributed by atoms with Crippen LogP contribution in [0.15, 0.2) is 73.3 Å². The number of fused-ring (bicyclic) bond motifs is 1. The van der Waals surface area contributed by atoms with E-state index >= 15 is 0 Å². The highest BCUT2D eigenvalue weighted by atomic mass is 16.5. The number of carbonyl (C=O) groups is 1. The number of rotatable bonds is 6. The lowest BCUT2D eigenvalue weighted by molar-refractivity contribution is 0.0946. The third kappa shape index (κ3) is 4.09. The first-order valence-electron chi connectivity index (χ1n) is 8.47. The van der Waals surface area contributed by atoms with E-state index in [0.717, 1.165) is 11.1 Å². The Morgan fingerprint density at radius 2 is 1.93 bits per heavy atom. The van der Waals surface area contributed by atoms with Crippen LogP contribution in [-0.4, -0.2) is 25.3 Å². The SMILES string of the molecule is O=C(NCc1ccnc(OCc2ccccc2)c1)c1cn2cccnc2n1. The number of nitrogens with one attached hydrogen (secondary N) is 1. The van der Waals surface area contributed by atoms with Crippen molar-refractivity contribution in [3.63, 3.8) is 0 Å². The normalized spacial score (nSPS) is 10.7. The van der Waals surface area contributed by atoms with Crippen LogP contribution in [-0.2, 0) is 13.2 Å². The zero-order chi connectivity index (χ0) is 18.5. The van der Waals surface area contributed by atoms with Gasteiger partial charge >= 0.3 is 0 Å². The first-order valence-corrected chi connectivity index (χ1v) is 8.47. The highest BCUT2D eigenvalue weighted by molar-refractivity contribution is 5.92. The predicted molar refractivity (Wildman–Crippen MR) is 99.2 cm³/mol. The maximum absolute atomic E-state index is 12.3. The summed E-state index contributed by atoms with van der Waals surface area (Å²) in [6.45, 7) is 0.794. The van der Waals surface area contributed by atoms with E-state index in [9.17, 15) is 4.79 Å². The molecule has 1 amide bonds. The topological polar surface area (TPSA) is 81.4 Å². The molecule has 0 aliphatic carbocycles. The summed E-state index contributed by atoms with van der Waals surface area (Å²) in [5.41, 5.74) is 2.28. The minimum atomic E-state index is -0.260. The van der Waals surface area contributed by atoms with Crippen molar-refractivity contribution in [1.82, 2.24) is 24.7 Å². The largest absolute Gasteiger partial charge is 0.473 e. The molecule has 27 heavy (non-hydrogen) atoms. The van der Waals surface area contributed by atoms with Gasteiger partial charge in [0.2, 0.25) is 11.7 Å². The van der Waals surface area contributed by atoms with E-state index in [1.165, 1.54) is 0 Å². The van der Waals surface area contributed by atoms with Gasteiger partial charge in [-0.25, -0.2) is 15.0 Å². The Labute approximate surface area is 155 Å². The number of aromatic nitrogens is 4. The minimum Gasteiger partial charge on any atom is -0.473 e. The molecule has 0 spiro atoms. The highest BCUT2D eigenvalue weighted by Crippen LogP contribution is 2.12. The van der Waals surface area contributed by atoms with Crippen molar-refractivity contribution < 1.29 is 9.53 Å². The monoisotopic (exact) mass is 359 g/mol. The van der Waals surface area contributed by atoms with E-state index < -0.39 is 0 Å². The van der Waals surface area contributed by atoms with E-state index in [-0.39, 0.29) is 5.91 Å². The molecule has 3 aromatic heterocycles. The van der Waals surface area contributed by atoms with Gasteiger partial charge < -0.3 is 10.1 Å². The van der Waals surface area contributed by atoms with Crippen LogP contribution in [0, 0.1) is 0 Å². The summed E-state index contributed by atoms with van der Waals surface area (Å²) in [4.78, 5) is 24.8. The van der Waals surface area contributed by atoms with Gasteiger partial charge in [-0.1, -0.05) is 30.3 Å². The van der Waals surface area contributed by atoms with Crippen LogP contribution in [0.1, 0.15) is 21.6 Å². The summed E-state index contributed by atoms with van der Waals surface area (Å²) in [5, 5.41) is 2.85. The second-order valence-electron chi connectivity index (χ2n) is 5.91. The van der Waals surface area contributed by atoms with Crippen molar-refractivity contribution >= 4 is 11.7 Å². The highest BCUT2D eigenvalue weighted by Gasteiger charge is 2.11. The van der Waals surface area contributed by atoms with Gasteiger partial charge in [0.25, 0.3) is 5.91 Å². The quantitative estimate of drug-likeness (QED) is 0.572. The molecule has 134 valence electrons. The molecule has 1 aromatic carbocycles. The van der Waals surface area contributed by atoms with Crippen molar-refractivity contribution in [2.75, 3.05) is 0 Å². The molecule has 0 saturated heterocycles.